The minimum atomic E-state index is 0.698. The molecule has 0 aliphatic carbocycles. The topological polar surface area (TPSA) is 56.7 Å². The predicted molar refractivity (Wildman–Crippen MR) is 95.0 cm³/mol. The van der Waals surface area contributed by atoms with Crippen LogP contribution in [-0.4, -0.2) is 47.1 Å². The molecule has 1 atom stereocenters. The van der Waals surface area contributed by atoms with Crippen molar-refractivity contribution in [3.8, 4) is 0 Å². The molecule has 1 saturated heterocycles. The van der Waals surface area contributed by atoms with Gasteiger partial charge in [-0.2, -0.15) is 0 Å². The van der Waals surface area contributed by atoms with Crippen molar-refractivity contribution in [2.24, 2.45) is 5.92 Å². The van der Waals surface area contributed by atoms with Crippen molar-refractivity contribution in [1.29, 1.82) is 0 Å². The number of nitrogens with zero attached hydrogens (tertiary/aromatic N) is 7. The number of likely N-dealkylation sites (tertiary alicyclic amines) is 1. The lowest BCUT2D eigenvalue weighted by Gasteiger charge is -2.32. The first-order valence-electron chi connectivity index (χ1n) is 8.92. The summed E-state index contributed by atoms with van der Waals surface area (Å²) in [7, 11) is 0. The zero-order chi connectivity index (χ0) is 17.2. The molecule has 1 aliphatic heterocycles. The van der Waals surface area contributed by atoms with Crippen LogP contribution in [0.2, 0.25) is 0 Å². The van der Waals surface area contributed by atoms with Gasteiger partial charge in [0.15, 0.2) is 0 Å². The molecule has 0 bridgehead atoms. The Labute approximate surface area is 147 Å². The monoisotopic (exact) mass is 339 g/mol. The maximum Gasteiger partial charge on any atom is 0.139 e. The maximum absolute atomic E-state index is 4.16. The van der Waals surface area contributed by atoms with Gasteiger partial charge in [-0.25, -0.2) is 9.66 Å². The number of piperidine rings is 1. The molecule has 0 unspecified atom stereocenters. The van der Waals surface area contributed by atoms with E-state index in [1.807, 2.05) is 17.2 Å². The van der Waals surface area contributed by atoms with Crippen molar-refractivity contribution in [1.82, 2.24) is 34.0 Å². The SMILES string of the molecule is Cc1cc(CN2CCC[C@H](Cn3ccnc3)C2)c(C)n1-n1cnnc1. The van der Waals surface area contributed by atoms with Crippen LogP contribution in [0.15, 0.2) is 37.4 Å². The smallest absolute Gasteiger partial charge is 0.139 e. The van der Waals surface area contributed by atoms with Gasteiger partial charge in [0.25, 0.3) is 0 Å². The summed E-state index contributed by atoms with van der Waals surface area (Å²) in [5.41, 5.74) is 3.85. The van der Waals surface area contributed by atoms with Crippen LogP contribution < -0.4 is 0 Å². The minimum Gasteiger partial charge on any atom is -0.337 e. The lowest BCUT2D eigenvalue weighted by Crippen LogP contribution is -2.36. The molecule has 4 heterocycles. The Morgan fingerprint density at radius 2 is 2.00 bits per heavy atom. The Balaban J connectivity index is 1.46. The Morgan fingerprint density at radius 1 is 1.16 bits per heavy atom. The molecule has 0 N–H and O–H groups in total. The molecule has 3 aromatic heterocycles. The molecular weight excluding hydrogens is 314 g/mol. The summed E-state index contributed by atoms with van der Waals surface area (Å²) < 4.78 is 6.31. The Kier molecular flexibility index (Phi) is 4.40. The number of imidazole rings is 1. The highest BCUT2D eigenvalue weighted by atomic mass is 15.5. The number of aromatic nitrogens is 6. The van der Waals surface area contributed by atoms with Crippen LogP contribution in [0.1, 0.15) is 29.8 Å². The average molecular weight is 339 g/mol. The molecule has 0 radical (unpaired) electrons. The van der Waals surface area contributed by atoms with E-state index >= 15 is 0 Å². The number of hydrogen-bond donors (Lipinski definition) is 0. The third-order valence-corrected chi connectivity index (χ3v) is 5.16. The first-order valence-corrected chi connectivity index (χ1v) is 8.92. The van der Waals surface area contributed by atoms with E-state index in [-0.39, 0.29) is 0 Å². The maximum atomic E-state index is 4.16. The average Bonchev–Trinajstić information content (AvgIpc) is 3.32. The summed E-state index contributed by atoms with van der Waals surface area (Å²) in [6.45, 7) is 8.70. The first-order chi connectivity index (χ1) is 12.2. The van der Waals surface area contributed by atoms with Gasteiger partial charge in [0.05, 0.1) is 6.33 Å². The van der Waals surface area contributed by atoms with Crippen LogP contribution in [0, 0.1) is 19.8 Å². The number of rotatable bonds is 5. The zero-order valence-electron chi connectivity index (χ0n) is 14.9. The van der Waals surface area contributed by atoms with Crippen molar-refractivity contribution in [2.75, 3.05) is 13.1 Å². The van der Waals surface area contributed by atoms with Gasteiger partial charge in [-0.3, -0.25) is 9.58 Å². The fourth-order valence-electron chi connectivity index (χ4n) is 4.01. The molecule has 0 aromatic carbocycles. The van der Waals surface area contributed by atoms with Crippen LogP contribution in [0.25, 0.3) is 0 Å². The summed E-state index contributed by atoms with van der Waals surface area (Å²) in [6, 6.07) is 2.29. The Morgan fingerprint density at radius 3 is 2.76 bits per heavy atom. The predicted octanol–water partition coefficient (Wildman–Crippen LogP) is 2.12. The third-order valence-electron chi connectivity index (χ3n) is 5.16. The number of aryl methyl sites for hydroxylation is 1. The van der Waals surface area contributed by atoms with Crippen molar-refractivity contribution >= 4 is 0 Å². The van der Waals surface area contributed by atoms with Gasteiger partial charge < -0.3 is 4.57 Å². The lowest BCUT2D eigenvalue weighted by atomic mass is 9.97. The van der Waals surface area contributed by atoms with Gasteiger partial charge in [0, 0.05) is 43.4 Å². The second-order valence-electron chi connectivity index (χ2n) is 7.05. The fraction of sp³-hybridized carbons (Fsp3) is 0.500. The molecule has 0 saturated carbocycles. The van der Waals surface area contributed by atoms with E-state index < -0.39 is 0 Å². The highest BCUT2D eigenvalue weighted by Gasteiger charge is 2.22. The van der Waals surface area contributed by atoms with Crippen LogP contribution >= 0.6 is 0 Å². The van der Waals surface area contributed by atoms with Crippen LogP contribution in [-0.2, 0) is 13.1 Å². The third kappa shape index (κ3) is 3.37. The van der Waals surface area contributed by atoms with Crippen molar-refractivity contribution < 1.29 is 0 Å². The number of hydrogen-bond acceptors (Lipinski definition) is 4. The second kappa shape index (κ2) is 6.84. The van der Waals surface area contributed by atoms with E-state index in [1.165, 1.54) is 36.3 Å². The van der Waals surface area contributed by atoms with Gasteiger partial charge in [-0.1, -0.05) is 0 Å². The van der Waals surface area contributed by atoms with Gasteiger partial charge >= 0.3 is 0 Å². The van der Waals surface area contributed by atoms with Gasteiger partial charge in [0.1, 0.15) is 12.7 Å². The van der Waals surface area contributed by atoms with E-state index in [0.717, 1.165) is 19.6 Å². The van der Waals surface area contributed by atoms with Crippen molar-refractivity contribution in [2.45, 2.75) is 39.8 Å². The lowest BCUT2D eigenvalue weighted by molar-refractivity contribution is 0.155. The molecule has 1 aliphatic rings. The standard InChI is InChI=1S/C18H25N7/c1-15-8-18(16(2)25(15)24-13-20-21-14-24)11-22-6-3-4-17(9-22)10-23-7-5-19-12-23/h5,7-8,12-14,17H,3-4,6,9-11H2,1-2H3/t17-/m0/s1. The summed E-state index contributed by atoms with van der Waals surface area (Å²) in [6.07, 6.45) is 11.9. The minimum absolute atomic E-state index is 0.698. The summed E-state index contributed by atoms with van der Waals surface area (Å²) >= 11 is 0. The summed E-state index contributed by atoms with van der Waals surface area (Å²) in [4.78, 5) is 6.74. The summed E-state index contributed by atoms with van der Waals surface area (Å²) in [5.74, 6) is 0.698. The van der Waals surface area contributed by atoms with Crippen molar-refractivity contribution in [3.63, 3.8) is 0 Å². The molecule has 1 fully saturated rings. The fourth-order valence-corrected chi connectivity index (χ4v) is 4.01. The van der Waals surface area contributed by atoms with Crippen LogP contribution in [0.4, 0.5) is 0 Å². The zero-order valence-corrected chi connectivity index (χ0v) is 14.9. The molecule has 132 valence electrons. The molecular formula is C18H25N7. The van der Waals surface area contributed by atoms with Crippen LogP contribution in [0.3, 0.4) is 0 Å². The van der Waals surface area contributed by atoms with Crippen molar-refractivity contribution in [3.05, 3.63) is 54.4 Å². The molecule has 7 nitrogen and oxygen atoms in total. The highest BCUT2D eigenvalue weighted by Crippen LogP contribution is 2.23. The second-order valence-corrected chi connectivity index (χ2v) is 7.05. The van der Waals surface area contributed by atoms with E-state index in [0.29, 0.717) is 5.92 Å². The highest BCUT2D eigenvalue weighted by molar-refractivity contribution is 5.27. The van der Waals surface area contributed by atoms with Gasteiger partial charge in [0.2, 0.25) is 0 Å². The van der Waals surface area contributed by atoms with E-state index in [9.17, 15) is 0 Å². The Bertz CT molecular complexity index is 801. The van der Waals surface area contributed by atoms with E-state index in [1.54, 1.807) is 12.7 Å². The Hall–Kier alpha value is -2.41. The quantitative estimate of drug-likeness (QED) is 0.714. The van der Waals surface area contributed by atoms with E-state index in [2.05, 4.69) is 55.4 Å². The molecule has 4 rings (SSSR count). The summed E-state index contributed by atoms with van der Waals surface area (Å²) in [5, 5.41) is 7.85. The molecule has 0 spiro atoms. The largest absolute Gasteiger partial charge is 0.337 e. The normalized spacial score (nSPS) is 18.7. The molecule has 25 heavy (non-hydrogen) atoms. The van der Waals surface area contributed by atoms with E-state index in [4.69, 9.17) is 0 Å². The van der Waals surface area contributed by atoms with Gasteiger partial charge in [-0.05, 0) is 50.8 Å². The molecule has 3 aromatic rings. The van der Waals surface area contributed by atoms with Crippen LogP contribution in [0.5, 0.6) is 0 Å². The molecule has 7 heteroatoms. The first kappa shape index (κ1) is 16.1. The van der Waals surface area contributed by atoms with Gasteiger partial charge in [-0.15, -0.1) is 10.2 Å². The molecule has 0 amide bonds.